The first kappa shape index (κ1) is 30.2. The molecule has 2 aromatic rings. The Morgan fingerprint density at radius 1 is 1.05 bits per heavy atom. The number of para-hydroxylation sites is 1. The largest absolute Gasteiger partial charge is 0.497 e. The number of methoxy groups -OCH3 is 1. The van der Waals surface area contributed by atoms with Gasteiger partial charge < -0.3 is 15.0 Å². The highest BCUT2D eigenvalue weighted by Crippen LogP contribution is 2.23. The second-order valence-corrected chi connectivity index (χ2v) is 12.2. The maximum absolute atomic E-state index is 13.5. The van der Waals surface area contributed by atoms with Crippen LogP contribution in [-0.2, 0) is 26.2 Å². The number of anilines is 1. The van der Waals surface area contributed by atoms with E-state index in [1.165, 1.54) is 10.6 Å². The Hall–Kier alpha value is -3.07. The van der Waals surface area contributed by atoms with E-state index < -0.39 is 21.6 Å². The van der Waals surface area contributed by atoms with Crippen molar-refractivity contribution in [2.75, 3.05) is 24.2 Å². The third-order valence-corrected chi connectivity index (χ3v) is 7.11. The Bertz CT molecular complexity index is 1160. The van der Waals surface area contributed by atoms with Gasteiger partial charge in [-0.2, -0.15) is 0 Å². The predicted octanol–water partition coefficient (Wildman–Crippen LogP) is 4.27. The number of sulfonamides is 1. The van der Waals surface area contributed by atoms with E-state index in [0.29, 0.717) is 24.3 Å². The van der Waals surface area contributed by atoms with Crippen LogP contribution in [0.25, 0.3) is 0 Å². The molecule has 2 rings (SSSR count). The normalized spacial score (nSPS) is 12.5. The Morgan fingerprint density at radius 3 is 2.19 bits per heavy atom. The summed E-state index contributed by atoms with van der Waals surface area (Å²) in [6, 6.07) is 14.0. The molecule has 0 spiro atoms. The Balaban J connectivity index is 2.25. The van der Waals surface area contributed by atoms with Gasteiger partial charge in [0.2, 0.25) is 21.8 Å². The molecular formula is C28H41N3O5S. The molecule has 37 heavy (non-hydrogen) atoms. The molecule has 0 aromatic heterocycles. The minimum Gasteiger partial charge on any atom is -0.497 e. The van der Waals surface area contributed by atoms with Gasteiger partial charge in [0.15, 0.2) is 0 Å². The van der Waals surface area contributed by atoms with E-state index in [4.69, 9.17) is 4.74 Å². The van der Waals surface area contributed by atoms with E-state index in [2.05, 4.69) is 5.32 Å². The molecule has 0 saturated carbocycles. The average Bonchev–Trinajstić information content (AvgIpc) is 2.80. The fourth-order valence-electron chi connectivity index (χ4n) is 4.13. The van der Waals surface area contributed by atoms with Gasteiger partial charge in [-0.05, 0) is 69.9 Å². The SMILES string of the molecule is CC[C@@H](C(=O)NC(C)(C)C)N(Cc1ccc(OC)cc1)C(=O)CCCN(c1ccccc1C)S(C)(=O)=O. The lowest BCUT2D eigenvalue weighted by Crippen LogP contribution is -2.53. The lowest BCUT2D eigenvalue weighted by molar-refractivity contribution is -0.142. The number of nitrogens with zero attached hydrogens (tertiary/aromatic N) is 2. The van der Waals surface area contributed by atoms with Gasteiger partial charge in [-0.3, -0.25) is 13.9 Å². The maximum Gasteiger partial charge on any atom is 0.243 e. The van der Waals surface area contributed by atoms with Gasteiger partial charge in [0.1, 0.15) is 11.8 Å². The highest BCUT2D eigenvalue weighted by Gasteiger charge is 2.30. The first-order valence-electron chi connectivity index (χ1n) is 12.5. The molecule has 8 nitrogen and oxygen atoms in total. The number of carbonyl (C=O) groups excluding carboxylic acids is 2. The van der Waals surface area contributed by atoms with Crippen LogP contribution in [-0.4, -0.2) is 56.6 Å². The van der Waals surface area contributed by atoms with E-state index in [9.17, 15) is 18.0 Å². The maximum atomic E-state index is 13.5. The summed E-state index contributed by atoms with van der Waals surface area (Å²) in [5.41, 5.74) is 1.87. The van der Waals surface area contributed by atoms with Crippen LogP contribution in [0.2, 0.25) is 0 Å². The van der Waals surface area contributed by atoms with Gasteiger partial charge in [-0.15, -0.1) is 0 Å². The highest BCUT2D eigenvalue weighted by molar-refractivity contribution is 7.92. The molecule has 0 aliphatic rings. The summed E-state index contributed by atoms with van der Waals surface area (Å²) in [5.74, 6) is 0.288. The van der Waals surface area contributed by atoms with Crippen molar-refractivity contribution in [3.05, 3.63) is 59.7 Å². The van der Waals surface area contributed by atoms with Crippen LogP contribution in [0.1, 0.15) is 58.1 Å². The molecule has 0 saturated heterocycles. The number of hydrogen-bond acceptors (Lipinski definition) is 5. The fraction of sp³-hybridized carbons (Fsp3) is 0.500. The molecular weight excluding hydrogens is 490 g/mol. The summed E-state index contributed by atoms with van der Waals surface area (Å²) >= 11 is 0. The third-order valence-electron chi connectivity index (χ3n) is 5.93. The number of rotatable bonds is 12. The molecule has 0 aliphatic carbocycles. The second kappa shape index (κ2) is 12.9. The van der Waals surface area contributed by atoms with Crippen LogP contribution in [0.15, 0.2) is 48.5 Å². The molecule has 9 heteroatoms. The summed E-state index contributed by atoms with van der Waals surface area (Å²) in [7, 11) is -1.95. The van der Waals surface area contributed by atoms with Crippen LogP contribution < -0.4 is 14.4 Å². The number of amides is 2. The van der Waals surface area contributed by atoms with E-state index >= 15 is 0 Å². The van der Waals surface area contributed by atoms with Crippen molar-refractivity contribution in [1.82, 2.24) is 10.2 Å². The predicted molar refractivity (Wildman–Crippen MR) is 148 cm³/mol. The second-order valence-electron chi connectivity index (χ2n) is 10.3. The van der Waals surface area contributed by atoms with Crippen molar-refractivity contribution in [2.45, 2.75) is 72.0 Å². The van der Waals surface area contributed by atoms with Gasteiger partial charge >= 0.3 is 0 Å². The minimum absolute atomic E-state index is 0.105. The molecule has 204 valence electrons. The summed E-state index contributed by atoms with van der Waals surface area (Å²) in [5, 5.41) is 2.99. The average molecular weight is 532 g/mol. The molecule has 0 radical (unpaired) electrons. The summed E-state index contributed by atoms with van der Waals surface area (Å²) in [6.07, 6.45) is 2.04. The van der Waals surface area contributed by atoms with Crippen LogP contribution in [0.3, 0.4) is 0 Å². The first-order chi connectivity index (χ1) is 17.3. The topological polar surface area (TPSA) is 96.0 Å². The van der Waals surface area contributed by atoms with Crippen LogP contribution in [0.4, 0.5) is 5.69 Å². The third kappa shape index (κ3) is 9.07. The summed E-state index contributed by atoms with van der Waals surface area (Å²) < 4.78 is 31.6. The quantitative estimate of drug-likeness (QED) is 0.441. The first-order valence-corrected chi connectivity index (χ1v) is 14.4. The van der Waals surface area contributed by atoms with Gasteiger partial charge in [-0.25, -0.2) is 8.42 Å². The van der Waals surface area contributed by atoms with Gasteiger partial charge in [0.25, 0.3) is 0 Å². The van der Waals surface area contributed by atoms with Crippen LogP contribution in [0.5, 0.6) is 5.75 Å². The Kier molecular flexibility index (Phi) is 10.5. The van der Waals surface area contributed by atoms with E-state index in [0.717, 1.165) is 11.1 Å². The summed E-state index contributed by atoms with van der Waals surface area (Å²) in [4.78, 5) is 28.3. The van der Waals surface area contributed by atoms with Crippen molar-refractivity contribution >= 4 is 27.5 Å². The number of aryl methyl sites for hydroxylation is 1. The van der Waals surface area contributed by atoms with Gasteiger partial charge in [0.05, 0.1) is 19.1 Å². The summed E-state index contributed by atoms with van der Waals surface area (Å²) in [6.45, 7) is 9.86. The lowest BCUT2D eigenvalue weighted by Gasteiger charge is -2.33. The fourth-order valence-corrected chi connectivity index (χ4v) is 5.15. The zero-order chi connectivity index (χ0) is 27.8. The van der Waals surface area contributed by atoms with Crippen molar-refractivity contribution in [3.8, 4) is 5.75 Å². The number of nitrogens with one attached hydrogen (secondary N) is 1. The van der Waals surface area contributed by atoms with E-state index in [1.807, 2.05) is 71.0 Å². The number of hydrogen-bond donors (Lipinski definition) is 1. The van der Waals surface area contributed by atoms with Crippen LogP contribution >= 0.6 is 0 Å². The van der Waals surface area contributed by atoms with Crippen molar-refractivity contribution in [3.63, 3.8) is 0 Å². The molecule has 0 unspecified atom stereocenters. The Labute approximate surface area is 222 Å². The smallest absolute Gasteiger partial charge is 0.243 e. The van der Waals surface area contributed by atoms with Crippen molar-refractivity contribution in [2.24, 2.45) is 0 Å². The molecule has 1 N–H and O–H groups in total. The van der Waals surface area contributed by atoms with Gasteiger partial charge in [0, 0.05) is 25.0 Å². The molecule has 0 aliphatic heterocycles. The molecule has 0 fully saturated rings. The van der Waals surface area contributed by atoms with Gasteiger partial charge in [-0.1, -0.05) is 37.3 Å². The molecule has 2 amide bonds. The Morgan fingerprint density at radius 2 is 1.68 bits per heavy atom. The van der Waals surface area contributed by atoms with Crippen molar-refractivity contribution < 1.29 is 22.7 Å². The number of benzene rings is 2. The molecule has 2 aromatic carbocycles. The number of carbonyl (C=O) groups is 2. The van der Waals surface area contributed by atoms with Crippen LogP contribution in [0, 0.1) is 6.92 Å². The number of ether oxygens (including phenoxy) is 1. The zero-order valence-electron chi connectivity index (χ0n) is 23.1. The monoisotopic (exact) mass is 531 g/mol. The highest BCUT2D eigenvalue weighted by atomic mass is 32.2. The standard InChI is InChI=1S/C28H41N3O5S/c1-8-24(27(33)29-28(3,4)5)30(20-22-15-17-23(36-6)18-16-22)26(32)14-11-19-31(37(7,34)35)25-13-10-9-12-21(25)2/h9-10,12-13,15-18,24H,8,11,14,19-20H2,1-7H3,(H,29,33)/t24-/m0/s1. The molecule has 1 atom stereocenters. The minimum atomic E-state index is -3.54. The molecule has 0 bridgehead atoms. The lowest BCUT2D eigenvalue weighted by atomic mass is 10.0. The van der Waals surface area contributed by atoms with E-state index in [-0.39, 0.29) is 31.3 Å². The van der Waals surface area contributed by atoms with E-state index in [1.54, 1.807) is 24.1 Å². The van der Waals surface area contributed by atoms with Crippen molar-refractivity contribution in [1.29, 1.82) is 0 Å². The molecule has 0 heterocycles. The zero-order valence-corrected chi connectivity index (χ0v) is 23.9.